The summed E-state index contributed by atoms with van der Waals surface area (Å²) in [5, 5.41) is 14.5. The molecule has 2 aliphatic heterocycles. The van der Waals surface area contributed by atoms with E-state index in [1.54, 1.807) is 28.0 Å². The van der Waals surface area contributed by atoms with Gasteiger partial charge in [0.05, 0.1) is 24.4 Å². The molecule has 0 amide bonds. The van der Waals surface area contributed by atoms with Crippen LogP contribution < -0.4 is 20.2 Å². The van der Waals surface area contributed by atoms with E-state index in [2.05, 4.69) is 87.3 Å². The summed E-state index contributed by atoms with van der Waals surface area (Å²) in [6, 6.07) is 24.8. The molecule has 1 aromatic heterocycles. The molecule has 0 bridgehead atoms. The molecule has 3 aromatic carbocycles. The Balaban J connectivity index is 1.01. The summed E-state index contributed by atoms with van der Waals surface area (Å²) >= 11 is 0. The number of aryl methyl sites for hydroxylation is 1. The number of ether oxygens (including phenoxy) is 2. The minimum atomic E-state index is -0.510. The average Bonchev–Trinajstić information content (AvgIpc) is 3.85. The molecule has 11 heteroatoms. The second-order valence-corrected chi connectivity index (χ2v) is 13.1. The number of aromatic nitrogens is 3. The van der Waals surface area contributed by atoms with Crippen LogP contribution in [0.25, 0.3) is 5.69 Å². The zero-order chi connectivity index (χ0) is 35.6. The number of benzene rings is 3. The number of anilines is 2. The standard InChI is InChI=1S/C40H49N7O4/c1-4-6-31-7-9-32(10-8-31)38(19-20-39-41-21-22-42-39)51-37(27-48)28-50-36-17-15-34(16-18-36)45-25-23-44(24-26-45)33-11-13-35(14-12-33)46-29-43-47(40(46)49)30(3)5-2/h7-18,20-22,29-30,37-38,48H,4-6,19,23-28H2,1-3H3. The van der Waals surface area contributed by atoms with E-state index in [4.69, 9.17) is 9.47 Å². The normalized spacial score (nSPS) is 16.0. The lowest BCUT2D eigenvalue weighted by molar-refractivity contribution is -0.0588. The molecule has 1 fully saturated rings. The van der Waals surface area contributed by atoms with Gasteiger partial charge >= 0.3 is 5.69 Å². The Hall–Kier alpha value is -5.00. The topological polar surface area (TPSA) is 110 Å². The SMILES string of the molecule is CCCc1ccc(C(CC=C2N=CC=N2)OC(CO)COc2ccc(N3CCN(c4ccc(-n5cnn(C(C)CC)c5=O)cc4)CC3)cc2)cc1. The lowest BCUT2D eigenvalue weighted by Gasteiger charge is -2.37. The maximum Gasteiger partial charge on any atom is 0.350 e. The minimum absolute atomic E-state index is 0.0655. The summed E-state index contributed by atoms with van der Waals surface area (Å²) < 4.78 is 15.7. The molecule has 0 saturated carbocycles. The molecule has 3 unspecified atom stereocenters. The van der Waals surface area contributed by atoms with Gasteiger partial charge in [0, 0.05) is 50.0 Å². The van der Waals surface area contributed by atoms with Crippen molar-refractivity contribution in [3.63, 3.8) is 0 Å². The number of aliphatic hydroxyl groups excluding tert-OH is 1. The number of rotatable bonds is 16. The summed E-state index contributed by atoms with van der Waals surface area (Å²) in [5.74, 6) is 1.39. The summed E-state index contributed by atoms with van der Waals surface area (Å²) in [6.45, 7) is 9.83. The van der Waals surface area contributed by atoms with Crippen molar-refractivity contribution in [2.45, 2.75) is 64.7 Å². The Bertz CT molecular complexity index is 1820. The molecule has 3 heterocycles. The number of aliphatic hydroxyl groups is 1. The summed E-state index contributed by atoms with van der Waals surface area (Å²) in [5.41, 5.74) is 5.31. The highest BCUT2D eigenvalue weighted by Gasteiger charge is 2.21. The van der Waals surface area contributed by atoms with Gasteiger partial charge in [-0.15, -0.1) is 0 Å². The number of hydrogen-bond donors (Lipinski definition) is 1. The van der Waals surface area contributed by atoms with E-state index in [0.29, 0.717) is 12.2 Å². The van der Waals surface area contributed by atoms with Crippen molar-refractivity contribution >= 4 is 23.8 Å². The molecular formula is C40H49N7O4. The Morgan fingerprint density at radius 3 is 2.04 bits per heavy atom. The molecule has 1 saturated heterocycles. The van der Waals surface area contributed by atoms with Crippen LogP contribution in [0.4, 0.5) is 11.4 Å². The molecule has 0 aliphatic carbocycles. The first-order chi connectivity index (χ1) is 24.9. The van der Waals surface area contributed by atoms with E-state index >= 15 is 0 Å². The van der Waals surface area contributed by atoms with E-state index in [0.717, 1.165) is 73.8 Å². The highest BCUT2D eigenvalue weighted by Crippen LogP contribution is 2.27. The van der Waals surface area contributed by atoms with E-state index in [1.807, 2.05) is 37.3 Å². The van der Waals surface area contributed by atoms with Crippen LogP contribution in [-0.4, -0.2) is 77.4 Å². The van der Waals surface area contributed by atoms with Crippen molar-refractivity contribution < 1.29 is 14.6 Å². The number of aliphatic imine (C=N–C) groups is 2. The third-order valence-corrected chi connectivity index (χ3v) is 9.56. The van der Waals surface area contributed by atoms with Crippen LogP contribution in [0.1, 0.15) is 63.3 Å². The zero-order valence-electron chi connectivity index (χ0n) is 29.8. The highest BCUT2D eigenvalue weighted by molar-refractivity contribution is 6.18. The third kappa shape index (κ3) is 9.03. The van der Waals surface area contributed by atoms with Crippen LogP contribution in [0.15, 0.2) is 106 Å². The molecular weight excluding hydrogens is 642 g/mol. The number of piperazine rings is 1. The second kappa shape index (κ2) is 17.3. The van der Waals surface area contributed by atoms with Crippen molar-refractivity contribution in [1.82, 2.24) is 14.3 Å². The predicted molar refractivity (Wildman–Crippen MR) is 204 cm³/mol. The zero-order valence-corrected chi connectivity index (χ0v) is 29.8. The van der Waals surface area contributed by atoms with E-state index in [-0.39, 0.29) is 31.0 Å². The van der Waals surface area contributed by atoms with Gasteiger partial charge in [-0.1, -0.05) is 44.5 Å². The lowest BCUT2D eigenvalue weighted by atomic mass is 10.0. The van der Waals surface area contributed by atoms with Gasteiger partial charge in [0.2, 0.25) is 0 Å². The maximum absolute atomic E-state index is 12.8. The monoisotopic (exact) mass is 691 g/mol. The molecule has 6 rings (SSSR count). The second-order valence-electron chi connectivity index (χ2n) is 13.1. The number of hydrogen-bond acceptors (Lipinski definition) is 9. The fourth-order valence-corrected chi connectivity index (χ4v) is 6.35. The van der Waals surface area contributed by atoms with Crippen LogP contribution >= 0.6 is 0 Å². The van der Waals surface area contributed by atoms with Crippen LogP contribution in [0.2, 0.25) is 0 Å². The lowest BCUT2D eigenvalue weighted by Crippen LogP contribution is -2.46. The minimum Gasteiger partial charge on any atom is -0.491 e. The first-order valence-corrected chi connectivity index (χ1v) is 18.1. The van der Waals surface area contributed by atoms with Gasteiger partial charge in [0.1, 0.15) is 30.6 Å². The quantitative estimate of drug-likeness (QED) is 0.150. The van der Waals surface area contributed by atoms with Crippen LogP contribution in [-0.2, 0) is 11.2 Å². The molecule has 51 heavy (non-hydrogen) atoms. The summed E-state index contributed by atoms with van der Waals surface area (Å²) in [4.78, 5) is 26.1. The van der Waals surface area contributed by atoms with Crippen molar-refractivity contribution in [1.29, 1.82) is 0 Å². The van der Waals surface area contributed by atoms with Crippen LogP contribution in [0.5, 0.6) is 5.75 Å². The van der Waals surface area contributed by atoms with Gasteiger partial charge in [-0.25, -0.2) is 24.0 Å². The Morgan fingerprint density at radius 2 is 1.45 bits per heavy atom. The van der Waals surface area contributed by atoms with Gasteiger partial charge in [0.25, 0.3) is 0 Å². The summed E-state index contributed by atoms with van der Waals surface area (Å²) in [7, 11) is 0. The molecule has 11 nitrogen and oxygen atoms in total. The van der Waals surface area contributed by atoms with Gasteiger partial charge in [0.15, 0.2) is 0 Å². The fourth-order valence-electron chi connectivity index (χ4n) is 6.35. The average molecular weight is 692 g/mol. The first kappa shape index (κ1) is 35.8. The third-order valence-electron chi connectivity index (χ3n) is 9.56. The van der Waals surface area contributed by atoms with Crippen molar-refractivity contribution in [3.8, 4) is 11.4 Å². The molecule has 3 atom stereocenters. The van der Waals surface area contributed by atoms with Crippen molar-refractivity contribution in [2.75, 3.05) is 49.2 Å². The van der Waals surface area contributed by atoms with Gasteiger partial charge in [-0.05, 0) is 91.9 Å². The van der Waals surface area contributed by atoms with E-state index in [9.17, 15) is 9.90 Å². The fraction of sp³-hybridized carbons (Fsp3) is 0.400. The maximum atomic E-state index is 12.8. The smallest absolute Gasteiger partial charge is 0.350 e. The van der Waals surface area contributed by atoms with Crippen LogP contribution in [0, 0.1) is 0 Å². The molecule has 4 aromatic rings. The van der Waals surface area contributed by atoms with E-state index < -0.39 is 6.10 Å². The molecule has 2 aliphatic rings. The first-order valence-electron chi connectivity index (χ1n) is 18.1. The molecule has 1 N–H and O–H groups in total. The molecule has 0 spiro atoms. The highest BCUT2D eigenvalue weighted by atomic mass is 16.5. The molecule has 0 radical (unpaired) electrons. The number of nitrogens with zero attached hydrogens (tertiary/aromatic N) is 7. The predicted octanol–water partition coefficient (Wildman–Crippen LogP) is 6.17. The van der Waals surface area contributed by atoms with Crippen LogP contribution in [0.3, 0.4) is 0 Å². The largest absolute Gasteiger partial charge is 0.491 e. The Kier molecular flexibility index (Phi) is 12.1. The Labute approximate surface area is 300 Å². The summed E-state index contributed by atoms with van der Waals surface area (Å²) in [6.07, 6.45) is 9.69. The van der Waals surface area contributed by atoms with Gasteiger partial charge in [-0.3, -0.25) is 0 Å². The molecule has 268 valence electrons. The van der Waals surface area contributed by atoms with Gasteiger partial charge in [-0.2, -0.15) is 5.10 Å². The van der Waals surface area contributed by atoms with E-state index in [1.165, 1.54) is 5.56 Å². The van der Waals surface area contributed by atoms with Crippen molar-refractivity contribution in [2.24, 2.45) is 9.98 Å². The van der Waals surface area contributed by atoms with Gasteiger partial charge < -0.3 is 24.4 Å². The van der Waals surface area contributed by atoms with Crippen molar-refractivity contribution in [3.05, 3.63) is 113 Å². The Morgan fingerprint density at radius 1 is 0.843 bits per heavy atom.